The van der Waals surface area contributed by atoms with Crippen LogP contribution in [0.25, 0.3) is 10.1 Å². The third kappa shape index (κ3) is 2.79. The van der Waals surface area contributed by atoms with E-state index < -0.39 is 0 Å². The highest BCUT2D eigenvalue weighted by Crippen LogP contribution is 2.36. The van der Waals surface area contributed by atoms with Crippen LogP contribution in [0.5, 0.6) is 0 Å². The number of thiophene rings is 1. The van der Waals surface area contributed by atoms with Gasteiger partial charge in [-0.3, -0.25) is 4.79 Å². The highest BCUT2D eigenvalue weighted by Gasteiger charge is 2.21. The Bertz CT molecular complexity index is 650. The summed E-state index contributed by atoms with van der Waals surface area (Å²) in [5.41, 5.74) is 0. The molecule has 0 saturated carbocycles. The van der Waals surface area contributed by atoms with Gasteiger partial charge in [0, 0.05) is 27.7 Å². The Hall–Kier alpha value is -0.810. The first-order valence-electron chi connectivity index (χ1n) is 6.54. The topological polar surface area (TPSA) is 41.1 Å². The van der Waals surface area contributed by atoms with E-state index in [1.54, 1.807) is 6.07 Å². The second-order valence-corrected chi connectivity index (χ2v) is 6.77. The van der Waals surface area contributed by atoms with Crippen LogP contribution in [0, 0.1) is 0 Å². The number of benzene rings is 1. The summed E-state index contributed by atoms with van der Waals surface area (Å²) in [5, 5.41) is 8.37. The summed E-state index contributed by atoms with van der Waals surface area (Å²) in [6.07, 6.45) is 2.09. The number of carbonyl (C=O) groups excluding carboxylic acids is 1. The van der Waals surface area contributed by atoms with Gasteiger partial charge in [-0.15, -0.1) is 11.3 Å². The van der Waals surface area contributed by atoms with Crippen molar-refractivity contribution in [1.82, 2.24) is 10.6 Å². The summed E-state index contributed by atoms with van der Waals surface area (Å²) in [6.45, 7) is 1.84. The zero-order chi connectivity index (χ0) is 14.1. The number of hydrogen-bond acceptors (Lipinski definition) is 3. The molecule has 1 aromatic heterocycles. The number of amides is 1. The Morgan fingerprint density at radius 3 is 3.00 bits per heavy atom. The molecular weight excluding hydrogens is 315 g/mol. The lowest BCUT2D eigenvalue weighted by atomic mass is 10.1. The summed E-state index contributed by atoms with van der Waals surface area (Å²) >= 11 is 13.7. The van der Waals surface area contributed by atoms with Crippen molar-refractivity contribution >= 4 is 50.5 Å². The average molecular weight is 329 g/mol. The van der Waals surface area contributed by atoms with Crippen LogP contribution in [0.2, 0.25) is 10.0 Å². The van der Waals surface area contributed by atoms with Crippen LogP contribution in [-0.2, 0) is 0 Å². The van der Waals surface area contributed by atoms with Crippen LogP contribution in [-0.4, -0.2) is 25.0 Å². The van der Waals surface area contributed by atoms with Gasteiger partial charge in [0.1, 0.15) is 4.88 Å². The lowest BCUT2D eigenvalue weighted by molar-refractivity contribution is 0.0935. The number of halogens is 2. The molecule has 0 bridgehead atoms. The van der Waals surface area contributed by atoms with Crippen molar-refractivity contribution in [3.8, 4) is 0 Å². The third-order valence-electron chi connectivity index (χ3n) is 3.43. The molecule has 1 saturated heterocycles. The van der Waals surface area contributed by atoms with Crippen molar-refractivity contribution in [1.29, 1.82) is 0 Å². The van der Waals surface area contributed by atoms with Crippen molar-refractivity contribution in [2.24, 2.45) is 0 Å². The van der Waals surface area contributed by atoms with Crippen LogP contribution in [0.3, 0.4) is 0 Å². The van der Waals surface area contributed by atoms with Gasteiger partial charge in [-0.25, -0.2) is 0 Å². The first-order chi connectivity index (χ1) is 9.65. The van der Waals surface area contributed by atoms with Gasteiger partial charge >= 0.3 is 0 Å². The van der Waals surface area contributed by atoms with Gasteiger partial charge < -0.3 is 10.6 Å². The highest BCUT2D eigenvalue weighted by molar-refractivity contribution is 7.21. The molecule has 6 heteroatoms. The zero-order valence-corrected chi connectivity index (χ0v) is 13.0. The molecule has 0 aliphatic carbocycles. The number of rotatable bonds is 2. The van der Waals surface area contributed by atoms with Gasteiger partial charge in [0.2, 0.25) is 0 Å². The van der Waals surface area contributed by atoms with Crippen LogP contribution in [0.15, 0.2) is 18.2 Å². The van der Waals surface area contributed by atoms with Crippen molar-refractivity contribution in [2.45, 2.75) is 18.9 Å². The van der Waals surface area contributed by atoms with E-state index in [-0.39, 0.29) is 11.9 Å². The molecule has 2 aromatic rings. The van der Waals surface area contributed by atoms with Crippen molar-refractivity contribution in [2.75, 3.05) is 13.1 Å². The molecule has 0 spiro atoms. The normalized spacial score (nSPS) is 19.2. The minimum absolute atomic E-state index is 0.0963. The Kier molecular flexibility index (Phi) is 4.17. The van der Waals surface area contributed by atoms with Crippen molar-refractivity contribution in [3.63, 3.8) is 0 Å². The fourth-order valence-corrected chi connectivity index (χ4v) is 4.11. The first-order valence-corrected chi connectivity index (χ1v) is 8.11. The molecule has 1 aromatic carbocycles. The van der Waals surface area contributed by atoms with E-state index in [4.69, 9.17) is 23.2 Å². The van der Waals surface area contributed by atoms with Crippen LogP contribution in [0.1, 0.15) is 22.5 Å². The third-order valence-corrected chi connectivity index (χ3v) is 5.32. The molecule has 1 aliphatic heterocycles. The molecule has 3 nitrogen and oxygen atoms in total. The molecular formula is C14H14Cl2N2OS. The predicted molar refractivity (Wildman–Crippen MR) is 85.2 cm³/mol. The van der Waals surface area contributed by atoms with Crippen molar-refractivity contribution < 1.29 is 4.79 Å². The summed E-state index contributed by atoms with van der Waals surface area (Å²) in [4.78, 5) is 12.9. The van der Waals surface area contributed by atoms with Crippen LogP contribution < -0.4 is 10.6 Å². The molecule has 3 rings (SSSR count). The number of nitrogens with one attached hydrogen (secondary N) is 2. The van der Waals surface area contributed by atoms with Crippen molar-refractivity contribution in [3.05, 3.63) is 33.1 Å². The molecule has 0 unspecified atom stereocenters. The molecule has 1 fully saturated rings. The number of fused-ring (bicyclic) bond motifs is 1. The Balaban J connectivity index is 1.85. The maximum absolute atomic E-state index is 12.3. The molecule has 2 heterocycles. The maximum atomic E-state index is 12.3. The molecule has 1 amide bonds. The van der Waals surface area contributed by atoms with Crippen LogP contribution in [0.4, 0.5) is 0 Å². The summed E-state index contributed by atoms with van der Waals surface area (Å²) in [5.74, 6) is -0.0963. The van der Waals surface area contributed by atoms with Gasteiger partial charge in [-0.05, 0) is 31.5 Å². The number of carbonyl (C=O) groups is 1. The van der Waals surface area contributed by atoms with Gasteiger partial charge in [-0.1, -0.05) is 29.3 Å². The first kappa shape index (κ1) is 14.1. The van der Waals surface area contributed by atoms with E-state index in [0.29, 0.717) is 14.9 Å². The molecule has 106 valence electrons. The highest BCUT2D eigenvalue weighted by atomic mass is 35.5. The standard InChI is InChI=1S/C14H14Cl2N2OS/c15-8-3-4-10-11(6-8)20-13(12(10)16)14(19)18-9-2-1-5-17-7-9/h3-4,6,9,17H,1-2,5,7H2,(H,18,19)/t9-/m0/s1. The van der Waals surface area contributed by atoms with E-state index in [9.17, 15) is 4.79 Å². The monoisotopic (exact) mass is 328 g/mol. The van der Waals surface area contributed by atoms with E-state index in [0.717, 1.165) is 36.0 Å². The minimum atomic E-state index is -0.0963. The second-order valence-electron chi connectivity index (χ2n) is 4.90. The van der Waals surface area contributed by atoms with Gasteiger partial charge in [0.05, 0.1) is 5.02 Å². The smallest absolute Gasteiger partial charge is 0.263 e. The fraction of sp³-hybridized carbons (Fsp3) is 0.357. The van der Waals surface area contributed by atoms with Gasteiger partial charge in [0.15, 0.2) is 0 Å². The lowest BCUT2D eigenvalue weighted by Crippen LogP contribution is -2.45. The SMILES string of the molecule is O=C(N[C@H]1CCCNC1)c1sc2cc(Cl)ccc2c1Cl. The van der Waals surface area contributed by atoms with E-state index in [2.05, 4.69) is 10.6 Å². The Labute approximate surface area is 131 Å². The summed E-state index contributed by atoms with van der Waals surface area (Å²) in [6, 6.07) is 5.66. The lowest BCUT2D eigenvalue weighted by Gasteiger charge is -2.23. The maximum Gasteiger partial charge on any atom is 0.263 e. The second kappa shape index (κ2) is 5.90. The Morgan fingerprint density at radius 1 is 1.40 bits per heavy atom. The largest absolute Gasteiger partial charge is 0.347 e. The molecule has 1 atom stereocenters. The Morgan fingerprint density at radius 2 is 2.25 bits per heavy atom. The minimum Gasteiger partial charge on any atom is -0.347 e. The molecule has 1 aliphatic rings. The molecule has 20 heavy (non-hydrogen) atoms. The van der Waals surface area contributed by atoms with E-state index in [1.165, 1.54) is 11.3 Å². The number of piperidine rings is 1. The molecule has 0 radical (unpaired) electrons. The van der Waals surface area contributed by atoms with E-state index >= 15 is 0 Å². The fourth-order valence-electron chi connectivity index (χ4n) is 2.41. The predicted octanol–water partition coefficient (Wildman–Crippen LogP) is 3.69. The van der Waals surface area contributed by atoms with Gasteiger partial charge in [-0.2, -0.15) is 0 Å². The summed E-state index contributed by atoms with van der Waals surface area (Å²) in [7, 11) is 0. The zero-order valence-electron chi connectivity index (χ0n) is 10.7. The molecule has 2 N–H and O–H groups in total. The average Bonchev–Trinajstić information content (AvgIpc) is 2.76. The van der Waals surface area contributed by atoms with Gasteiger partial charge in [0.25, 0.3) is 5.91 Å². The summed E-state index contributed by atoms with van der Waals surface area (Å²) < 4.78 is 0.939. The van der Waals surface area contributed by atoms with E-state index in [1.807, 2.05) is 12.1 Å². The quantitative estimate of drug-likeness (QED) is 0.882. The number of hydrogen-bond donors (Lipinski definition) is 2. The van der Waals surface area contributed by atoms with Crippen LogP contribution >= 0.6 is 34.5 Å².